The quantitative estimate of drug-likeness (QED) is 0.605. The molecule has 1 rings (SSSR count). The molecular weight excluding hydrogens is 246 g/mol. The molecule has 0 aliphatic rings. The monoisotopic (exact) mass is 267 g/mol. The van der Waals surface area contributed by atoms with E-state index in [0.717, 1.165) is 12.0 Å². The summed E-state index contributed by atoms with van der Waals surface area (Å²) in [5, 5.41) is -0.278. The second-order valence-electron chi connectivity index (χ2n) is 4.31. The molecule has 0 spiro atoms. The summed E-state index contributed by atoms with van der Waals surface area (Å²) >= 11 is 4.40. The fourth-order valence-corrected chi connectivity index (χ4v) is 2.14. The third-order valence-electron chi connectivity index (χ3n) is 2.78. The Balaban J connectivity index is 2.41. The van der Waals surface area contributed by atoms with Crippen LogP contribution >= 0.6 is 12.6 Å². The van der Waals surface area contributed by atoms with Gasteiger partial charge in [0.2, 0.25) is 5.91 Å². The van der Waals surface area contributed by atoms with Crippen LogP contribution in [0.3, 0.4) is 0 Å². The first-order valence-electron chi connectivity index (χ1n) is 6.11. The second-order valence-corrected chi connectivity index (χ2v) is 4.94. The number of amides is 1. The van der Waals surface area contributed by atoms with Crippen molar-refractivity contribution in [1.82, 2.24) is 4.90 Å². The minimum absolute atomic E-state index is 0.0679. The number of benzene rings is 1. The van der Waals surface area contributed by atoms with Crippen molar-refractivity contribution in [3.05, 3.63) is 35.9 Å². The zero-order valence-electron chi connectivity index (χ0n) is 11.0. The number of carbonyl (C=O) groups is 1. The normalized spacial score (nSPS) is 12.2. The summed E-state index contributed by atoms with van der Waals surface area (Å²) < 4.78 is 4.97. The Morgan fingerprint density at radius 1 is 1.39 bits per heavy atom. The molecule has 0 radical (unpaired) electrons. The van der Waals surface area contributed by atoms with Gasteiger partial charge in [-0.1, -0.05) is 30.3 Å². The molecule has 0 N–H and O–H groups in total. The van der Waals surface area contributed by atoms with E-state index in [9.17, 15) is 4.79 Å². The molecular formula is C14H21NO2S. The molecule has 0 fully saturated rings. The third kappa shape index (κ3) is 5.10. The first-order valence-corrected chi connectivity index (χ1v) is 6.62. The van der Waals surface area contributed by atoms with E-state index < -0.39 is 0 Å². The Hall–Kier alpha value is -1.00. The van der Waals surface area contributed by atoms with Crippen LogP contribution < -0.4 is 0 Å². The van der Waals surface area contributed by atoms with Crippen LogP contribution in [0.5, 0.6) is 0 Å². The molecule has 0 heterocycles. The third-order valence-corrected chi connectivity index (χ3v) is 3.18. The molecule has 0 saturated carbocycles. The second kappa shape index (κ2) is 8.16. The molecule has 1 unspecified atom stereocenters. The van der Waals surface area contributed by atoms with Gasteiger partial charge >= 0.3 is 0 Å². The lowest BCUT2D eigenvalue weighted by Gasteiger charge is -2.20. The molecule has 4 heteroatoms. The molecule has 0 saturated heterocycles. The van der Waals surface area contributed by atoms with Crippen LogP contribution in [0, 0.1) is 0 Å². The largest absolute Gasteiger partial charge is 0.385 e. The highest BCUT2D eigenvalue weighted by Gasteiger charge is 2.18. The molecule has 0 bridgehead atoms. The van der Waals surface area contributed by atoms with Crippen molar-refractivity contribution < 1.29 is 9.53 Å². The molecule has 1 aromatic rings. The molecule has 1 amide bonds. The number of ether oxygens (including phenoxy) is 1. The number of methoxy groups -OCH3 is 1. The topological polar surface area (TPSA) is 29.5 Å². The summed E-state index contributed by atoms with van der Waals surface area (Å²) in [6.45, 7) is 1.38. The lowest BCUT2D eigenvalue weighted by atomic mass is 10.1. The number of carbonyl (C=O) groups excluding carboxylic acids is 1. The maximum absolute atomic E-state index is 12.1. The van der Waals surface area contributed by atoms with Crippen LogP contribution in [0.4, 0.5) is 0 Å². The van der Waals surface area contributed by atoms with Gasteiger partial charge in [0.15, 0.2) is 0 Å². The van der Waals surface area contributed by atoms with Crippen LogP contribution in [-0.4, -0.2) is 43.4 Å². The summed E-state index contributed by atoms with van der Waals surface area (Å²) in [5.74, 6) is 0.0679. The Morgan fingerprint density at radius 3 is 2.67 bits per heavy atom. The SMILES string of the molecule is COCCCN(C)C(=O)C(S)Cc1ccccc1. The Bertz CT molecular complexity index is 356. The standard InChI is InChI=1S/C14H21NO2S/c1-15(9-6-10-17-2)14(16)13(18)11-12-7-4-3-5-8-12/h3-5,7-8,13,18H,6,9-11H2,1-2H3. The number of hydrogen-bond donors (Lipinski definition) is 1. The van der Waals surface area contributed by atoms with Crippen molar-refractivity contribution in [2.45, 2.75) is 18.1 Å². The lowest BCUT2D eigenvalue weighted by Crippen LogP contribution is -2.35. The predicted octanol–water partition coefficient (Wildman–Crippen LogP) is 2.02. The minimum atomic E-state index is -0.278. The van der Waals surface area contributed by atoms with Crippen molar-refractivity contribution in [3.8, 4) is 0 Å². The molecule has 0 aromatic heterocycles. The van der Waals surface area contributed by atoms with E-state index in [1.54, 1.807) is 12.0 Å². The fourth-order valence-electron chi connectivity index (χ4n) is 1.74. The first-order chi connectivity index (χ1) is 8.65. The van der Waals surface area contributed by atoms with Crippen molar-refractivity contribution in [2.75, 3.05) is 27.3 Å². The summed E-state index contributed by atoms with van der Waals surface area (Å²) in [5.41, 5.74) is 1.14. The molecule has 1 aromatic carbocycles. The van der Waals surface area contributed by atoms with Gasteiger partial charge in [0.25, 0.3) is 0 Å². The summed E-state index contributed by atoms with van der Waals surface area (Å²) in [4.78, 5) is 13.8. The van der Waals surface area contributed by atoms with E-state index in [1.807, 2.05) is 37.4 Å². The molecule has 0 aliphatic carbocycles. The van der Waals surface area contributed by atoms with E-state index >= 15 is 0 Å². The van der Waals surface area contributed by atoms with Crippen molar-refractivity contribution in [2.24, 2.45) is 0 Å². The van der Waals surface area contributed by atoms with Gasteiger partial charge in [0.1, 0.15) is 0 Å². The van der Waals surface area contributed by atoms with Crippen molar-refractivity contribution >= 4 is 18.5 Å². The van der Waals surface area contributed by atoms with Gasteiger partial charge in [-0.05, 0) is 18.4 Å². The van der Waals surface area contributed by atoms with E-state index in [0.29, 0.717) is 19.6 Å². The highest BCUT2D eigenvalue weighted by atomic mass is 32.1. The Kier molecular flexibility index (Phi) is 6.83. The van der Waals surface area contributed by atoms with Gasteiger partial charge in [-0.2, -0.15) is 12.6 Å². The van der Waals surface area contributed by atoms with Gasteiger partial charge in [0.05, 0.1) is 5.25 Å². The van der Waals surface area contributed by atoms with Gasteiger partial charge in [-0.15, -0.1) is 0 Å². The first kappa shape index (κ1) is 15.1. The highest BCUT2D eigenvalue weighted by Crippen LogP contribution is 2.10. The zero-order chi connectivity index (χ0) is 13.4. The van der Waals surface area contributed by atoms with Gasteiger partial charge in [-0.25, -0.2) is 0 Å². The molecule has 1 atom stereocenters. The predicted molar refractivity (Wildman–Crippen MR) is 77.1 cm³/mol. The van der Waals surface area contributed by atoms with Crippen LogP contribution in [0.1, 0.15) is 12.0 Å². The van der Waals surface area contributed by atoms with Gasteiger partial charge in [-0.3, -0.25) is 4.79 Å². The highest BCUT2D eigenvalue weighted by molar-refractivity contribution is 7.81. The average Bonchev–Trinajstić information content (AvgIpc) is 2.39. The van der Waals surface area contributed by atoms with E-state index in [-0.39, 0.29) is 11.2 Å². The molecule has 0 aliphatic heterocycles. The van der Waals surface area contributed by atoms with E-state index in [4.69, 9.17) is 4.74 Å². The minimum Gasteiger partial charge on any atom is -0.385 e. The van der Waals surface area contributed by atoms with Crippen LogP contribution in [0.15, 0.2) is 30.3 Å². The molecule has 18 heavy (non-hydrogen) atoms. The summed E-state index contributed by atoms with van der Waals surface area (Å²) in [6.07, 6.45) is 1.52. The lowest BCUT2D eigenvalue weighted by molar-refractivity contribution is -0.129. The van der Waals surface area contributed by atoms with Crippen LogP contribution in [0.25, 0.3) is 0 Å². The summed E-state index contributed by atoms with van der Waals surface area (Å²) in [7, 11) is 3.48. The molecule has 100 valence electrons. The zero-order valence-corrected chi connectivity index (χ0v) is 11.9. The average molecular weight is 267 g/mol. The van der Waals surface area contributed by atoms with Gasteiger partial charge < -0.3 is 9.64 Å². The maximum atomic E-state index is 12.1. The fraction of sp³-hybridized carbons (Fsp3) is 0.500. The summed E-state index contributed by atoms with van der Waals surface area (Å²) in [6, 6.07) is 9.95. The Labute approximate surface area is 115 Å². The van der Waals surface area contributed by atoms with Crippen molar-refractivity contribution in [3.63, 3.8) is 0 Å². The maximum Gasteiger partial charge on any atom is 0.235 e. The van der Waals surface area contributed by atoms with Crippen molar-refractivity contribution in [1.29, 1.82) is 0 Å². The smallest absolute Gasteiger partial charge is 0.235 e. The molecule has 3 nitrogen and oxygen atoms in total. The number of nitrogens with zero attached hydrogens (tertiary/aromatic N) is 1. The number of rotatable bonds is 7. The van der Waals surface area contributed by atoms with Crippen LogP contribution in [0.2, 0.25) is 0 Å². The van der Waals surface area contributed by atoms with E-state index in [1.165, 1.54) is 0 Å². The van der Waals surface area contributed by atoms with E-state index in [2.05, 4.69) is 12.6 Å². The van der Waals surface area contributed by atoms with Crippen LogP contribution in [-0.2, 0) is 16.0 Å². The number of hydrogen-bond acceptors (Lipinski definition) is 3. The number of thiol groups is 1. The van der Waals surface area contributed by atoms with Gasteiger partial charge in [0, 0.05) is 27.3 Å². The Morgan fingerprint density at radius 2 is 2.06 bits per heavy atom.